The van der Waals surface area contributed by atoms with Gasteiger partial charge < -0.3 is 20.1 Å². The van der Waals surface area contributed by atoms with Gasteiger partial charge >= 0.3 is 5.97 Å². The van der Waals surface area contributed by atoms with Crippen LogP contribution in [0.4, 0.5) is 5.69 Å². The van der Waals surface area contributed by atoms with Crippen LogP contribution in [0, 0.1) is 5.92 Å². The van der Waals surface area contributed by atoms with Gasteiger partial charge in [0.2, 0.25) is 11.8 Å². The summed E-state index contributed by atoms with van der Waals surface area (Å²) in [6.07, 6.45) is 2.82. The number of benzene rings is 1. The first-order valence-electron chi connectivity index (χ1n) is 8.46. The van der Waals surface area contributed by atoms with Crippen LogP contribution in [-0.2, 0) is 9.59 Å². The van der Waals surface area contributed by atoms with Gasteiger partial charge in [-0.1, -0.05) is 6.92 Å². The fraction of sp³-hybridized carbons (Fsp3) is 0.500. The summed E-state index contributed by atoms with van der Waals surface area (Å²) < 4.78 is 5.06. The van der Waals surface area contributed by atoms with Crippen LogP contribution in [0.5, 0.6) is 5.75 Å². The monoisotopic (exact) mass is 348 g/mol. The first-order valence-corrected chi connectivity index (χ1v) is 8.46. The van der Waals surface area contributed by atoms with E-state index in [2.05, 4.69) is 5.32 Å². The molecule has 136 valence electrons. The zero-order valence-electron chi connectivity index (χ0n) is 14.6. The van der Waals surface area contributed by atoms with Crippen molar-refractivity contribution in [2.75, 3.05) is 25.5 Å². The molecule has 1 aromatic carbocycles. The number of carbonyl (C=O) groups excluding carboxylic acids is 2. The molecule has 1 fully saturated rings. The van der Waals surface area contributed by atoms with Crippen molar-refractivity contribution in [2.45, 2.75) is 32.6 Å². The molecule has 0 aliphatic carbocycles. The van der Waals surface area contributed by atoms with Gasteiger partial charge in [0.15, 0.2) is 0 Å². The normalized spacial score (nSPS) is 17.0. The highest BCUT2D eigenvalue weighted by molar-refractivity contribution is 5.95. The molecule has 1 aromatic rings. The molecule has 1 aliphatic heterocycles. The molecule has 0 aromatic heterocycles. The number of likely N-dealkylation sites (tertiary alicyclic amines) is 1. The minimum Gasteiger partial charge on any atom is -0.496 e. The Balaban J connectivity index is 2.04. The first-order chi connectivity index (χ1) is 12.0. The number of rotatable bonds is 6. The first kappa shape index (κ1) is 18.8. The maximum atomic E-state index is 12.5. The van der Waals surface area contributed by atoms with Crippen LogP contribution in [0.3, 0.4) is 0 Å². The van der Waals surface area contributed by atoms with E-state index in [1.807, 2.05) is 6.92 Å². The van der Waals surface area contributed by atoms with Crippen LogP contribution in [0.15, 0.2) is 18.2 Å². The maximum absolute atomic E-state index is 12.5. The Morgan fingerprint density at radius 3 is 2.76 bits per heavy atom. The molecule has 0 saturated carbocycles. The fourth-order valence-corrected chi connectivity index (χ4v) is 2.98. The van der Waals surface area contributed by atoms with Crippen molar-refractivity contribution in [3.05, 3.63) is 23.8 Å². The molecule has 0 spiro atoms. The average molecular weight is 348 g/mol. The molecule has 2 rings (SSSR count). The number of carbonyl (C=O) groups is 3. The van der Waals surface area contributed by atoms with Crippen LogP contribution in [0.25, 0.3) is 0 Å². The van der Waals surface area contributed by atoms with Crippen LogP contribution < -0.4 is 10.1 Å². The third kappa shape index (κ3) is 4.71. The van der Waals surface area contributed by atoms with Gasteiger partial charge in [0.1, 0.15) is 11.3 Å². The van der Waals surface area contributed by atoms with E-state index >= 15 is 0 Å². The number of ether oxygens (including phenoxy) is 1. The average Bonchev–Trinajstić information content (AvgIpc) is 2.61. The largest absolute Gasteiger partial charge is 0.496 e. The Bertz CT molecular complexity index is 659. The Morgan fingerprint density at radius 2 is 2.12 bits per heavy atom. The van der Waals surface area contributed by atoms with Gasteiger partial charge in [0, 0.05) is 31.3 Å². The number of carboxylic acids is 1. The molecule has 7 nitrogen and oxygen atoms in total. The van der Waals surface area contributed by atoms with Crippen molar-refractivity contribution < 1.29 is 24.2 Å². The number of nitrogens with zero attached hydrogens (tertiary/aromatic N) is 1. The van der Waals surface area contributed by atoms with E-state index in [4.69, 9.17) is 9.84 Å². The van der Waals surface area contributed by atoms with Crippen LogP contribution in [-0.4, -0.2) is 48.0 Å². The van der Waals surface area contributed by atoms with Gasteiger partial charge in [-0.15, -0.1) is 0 Å². The van der Waals surface area contributed by atoms with Gasteiger partial charge in [0.25, 0.3) is 0 Å². The van der Waals surface area contributed by atoms with Crippen LogP contribution in [0.1, 0.15) is 43.0 Å². The van der Waals surface area contributed by atoms with E-state index in [0.717, 1.165) is 19.3 Å². The Kier molecular flexibility index (Phi) is 6.38. The molecular formula is C18H24N2O5. The summed E-state index contributed by atoms with van der Waals surface area (Å²) in [5, 5.41) is 11.9. The molecule has 2 N–H and O–H groups in total. The number of hydrogen-bond donors (Lipinski definition) is 2. The number of nitrogens with one attached hydrogen (secondary N) is 1. The fourth-order valence-electron chi connectivity index (χ4n) is 2.98. The highest BCUT2D eigenvalue weighted by Crippen LogP contribution is 2.25. The summed E-state index contributed by atoms with van der Waals surface area (Å²) in [6, 6.07) is 4.42. The Hall–Kier alpha value is -2.57. The number of anilines is 1. The summed E-state index contributed by atoms with van der Waals surface area (Å²) >= 11 is 0. The van der Waals surface area contributed by atoms with Crippen molar-refractivity contribution in [1.29, 1.82) is 0 Å². The van der Waals surface area contributed by atoms with E-state index < -0.39 is 5.97 Å². The molecule has 7 heteroatoms. The smallest absolute Gasteiger partial charge is 0.339 e. The molecular weight excluding hydrogens is 324 g/mol. The number of aromatic carboxylic acids is 1. The molecule has 2 amide bonds. The third-order valence-electron chi connectivity index (χ3n) is 4.31. The van der Waals surface area contributed by atoms with E-state index in [1.165, 1.54) is 25.3 Å². The van der Waals surface area contributed by atoms with Gasteiger partial charge in [0.05, 0.1) is 13.0 Å². The van der Waals surface area contributed by atoms with Gasteiger partial charge in [-0.25, -0.2) is 4.79 Å². The van der Waals surface area contributed by atoms with Crippen LogP contribution in [0.2, 0.25) is 0 Å². The van der Waals surface area contributed by atoms with E-state index in [9.17, 15) is 14.4 Å². The van der Waals surface area contributed by atoms with Gasteiger partial charge in [-0.05, 0) is 31.4 Å². The zero-order valence-corrected chi connectivity index (χ0v) is 14.6. The quantitative estimate of drug-likeness (QED) is 0.823. The molecule has 25 heavy (non-hydrogen) atoms. The summed E-state index contributed by atoms with van der Waals surface area (Å²) in [6.45, 7) is 3.08. The minimum atomic E-state index is -1.09. The van der Waals surface area contributed by atoms with Crippen molar-refractivity contribution in [1.82, 2.24) is 4.90 Å². The lowest BCUT2D eigenvalue weighted by molar-refractivity contribution is -0.134. The molecule has 1 heterocycles. The number of hydrogen-bond acceptors (Lipinski definition) is 4. The maximum Gasteiger partial charge on any atom is 0.339 e. The summed E-state index contributed by atoms with van der Waals surface area (Å²) in [7, 11) is 1.38. The number of methoxy groups -OCH3 is 1. The topological polar surface area (TPSA) is 95.9 Å². The standard InChI is InChI=1S/C18H24N2O5/c1-3-5-16(21)20-9-4-6-12(11-20)17(22)19-13-7-8-14(18(23)24)15(10-13)25-2/h7-8,10,12H,3-6,9,11H2,1-2H3,(H,19,22)(H,23,24). The molecule has 0 bridgehead atoms. The van der Waals surface area contributed by atoms with Crippen molar-refractivity contribution in [3.63, 3.8) is 0 Å². The Morgan fingerprint density at radius 1 is 1.36 bits per heavy atom. The number of carboxylic acid groups (broad SMARTS) is 1. The highest BCUT2D eigenvalue weighted by atomic mass is 16.5. The number of amides is 2. The minimum absolute atomic E-state index is 0.0366. The van der Waals surface area contributed by atoms with Crippen molar-refractivity contribution in [2.24, 2.45) is 5.92 Å². The van der Waals surface area contributed by atoms with E-state index in [0.29, 0.717) is 25.2 Å². The molecule has 1 unspecified atom stereocenters. The predicted molar refractivity (Wildman–Crippen MR) is 92.8 cm³/mol. The molecule has 1 saturated heterocycles. The lowest BCUT2D eigenvalue weighted by atomic mass is 9.96. The van der Waals surface area contributed by atoms with E-state index in [-0.39, 0.29) is 29.0 Å². The molecule has 1 atom stereocenters. The summed E-state index contributed by atoms with van der Waals surface area (Å²) in [5.74, 6) is -1.24. The summed E-state index contributed by atoms with van der Waals surface area (Å²) in [4.78, 5) is 37.4. The molecule has 1 aliphatic rings. The molecule has 0 radical (unpaired) electrons. The van der Waals surface area contributed by atoms with Crippen molar-refractivity contribution >= 4 is 23.5 Å². The second-order valence-electron chi connectivity index (χ2n) is 6.14. The summed E-state index contributed by atoms with van der Waals surface area (Å²) in [5.41, 5.74) is 0.512. The lowest BCUT2D eigenvalue weighted by Crippen LogP contribution is -2.43. The van der Waals surface area contributed by atoms with Gasteiger partial charge in [-0.3, -0.25) is 9.59 Å². The second kappa shape index (κ2) is 8.50. The van der Waals surface area contributed by atoms with Crippen LogP contribution >= 0.6 is 0 Å². The lowest BCUT2D eigenvalue weighted by Gasteiger charge is -2.32. The SMILES string of the molecule is CCCC(=O)N1CCCC(C(=O)Nc2ccc(C(=O)O)c(OC)c2)C1. The Labute approximate surface area is 147 Å². The second-order valence-corrected chi connectivity index (χ2v) is 6.14. The number of piperidine rings is 1. The third-order valence-corrected chi connectivity index (χ3v) is 4.31. The highest BCUT2D eigenvalue weighted by Gasteiger charge is 2.28. The predicted octanol–water partition coefficient (Wildman–Crippen LogP) is 2.37. The zero-order chi connectivity index (χ0) is 18.4. The van der Waals surface area contributed by atoms with E-state index in [1.54, 1.807) is 4.90 Å². The van der Waals surface area contributed by atoms with Crippen molar-refractivity contribution in [3.8, 4) is 5.75 Å². The van der Waals surface area contributed by atoms with Gasteiger partial charge in [-0.2, -0.15) is 0 Å².